The van der Waals surface area contributed by atoms with Crippen LogP contribution in [0.4, 0.5) is 0 Å². The summed E-state index contributed by atoms with van der Waals surface area (Å²) in [6, 6.07) is 0.421. The Bertz CT molecular complexity index is 634. The highest BCUT2D eigenvalue weighted by Crippen LogP contribution is 2.67. The second-order valence-electron chi connectivity index (χ2n) is 13.0. The Balaban J connectivity index is 1.47. The summed E-state index contributed by atoms with van der Waals surface area (Å²) < 4.78 is 0. The lowest BCUT2D eigenvalue weighted by molar-refractivity contribution is -0.0511. The third kappa shape index (κ3) is 3.74. The van der Waals surface area contributed by atoms with Crippen LogP contribution in [0.15, 0.2) is 11.6 Å². The monoisotopic (exact) mass is 413 g/mol. The summed E-state index contributed by atoms with van der Waals surface area (Å²) in [4.78, 5) is 0. The molecule has 0 aromatic carbocycles. The molecule has 1 heteroatoms. The van der Waals surface area contributed by atoms with Crippen LogP contribution >= 0.6 is 0 Å². The molecule has 0 spiro atoms. The molecule has 30 heavy (non-hydrogen) atoms. The van der Waals surface area contributed by atoms with Crippen LogP contribution in [0.3, 0.4) is 0 Å². The van der Waals surface area contributed by atoms with Crippen molar-refractivity contribution in [1.29, 1.82) is 0 Å². The number of allylic oxidation sites excluding steroid dienone is 1. The molecule has 2 N–H and O–H groups in total. The molecule has 172 valence electrons. The average Bonchev–Trinajstić information content (AvgIpc) is 3.06. The van der Waals surface area contributed by atoms with Crippen LogP contribution < -0.4 is 5.73 Å². The van der Waals surface area contributed by atoms with E-state index in [4.69, 9.17) is 5.73 Å². The zero-order valence-corrected chi connectivity index (χ0v) is 21.1. The highest BCUT2D eigenvalue weighted by atomic mass is 14.7. The summed E-state index contributed by atoms with van der Waals surface area (Å²) in [6.07, 6.45) is 18.0. The minimum Gasteiger partial charge on any atom is -0.327 e. The molecule has 5 unspecified atom stereocenters. The first-order chi connectivity index (χ1) is 14.2. The zero-order valence-electron chi connectivity index (χ0n) is 21.1. The summed E-state index contributed by atoms with van der Waals surface area (Å²) in [5.41, 5.74) is 9.18. The SMILES string of the molecule is CC[C@H](CC[C@@H](C)C1CCC2[C@H]3CC=C4C[C@@H](N)CCC4(C)C3CCC21C)C(C)C. The van der Waals surface area contributed by atoms with E-state index in [-0.39, 0.29) is 0 Å². The lowest BCUT2D eigenvalue weighted by Crippen LogP contribution is -2.51. The number of hydrogen-bond donors (Lipinski definition) is 1. The number of fused-ring (bicyclic) bond motifs is 5. The summed E-state index contributed by atoms with van der Waals surface area (Å²) in [6.45, 7) is 15.2. The molecule has 0 amide bonds. The van der Waals surface area contributed by atoms with Crippen molar-refractivity contribution < 1.29 is 0 Å². The van der Waals surface area contributed by atoms with Gasteiger partial charge in [0, 0.05) is 6.04 Å². The van der Waals surface area contributed by atoms with E-state index < -0.39 is 0 Å². The predicted molar refractivity (Wildman–Crippen MR) is 130 cm³/mol. The molecule has 0 bridgehead atoms. The van der Waals surface area contributed by atoms with Crippen molar-refractivity contribution in [3.63, 3.8) is 0 Å². The molecular weight excluding hydrogens is 362 g/mol. The molecular formula is C29H51N. The predicted octanol–water partition coefficient (Wildman–Crippen LogP) is 7.99. The first-order valence-corrected chi connectivity index (χ1v) is 13.7. The normalized spacial score (nSPS) is 45.3. The van der Waals surface area contributed by atoms with Gasteiger partial charge in [0.1, 0.15) is 0 Å². The fourth-order valence-electron chi connectivity index (χ4n) is 9.35. The Labute approximate surface area is 188 Å². The zero-order chi connectivity index (χ0) is 21.7. The molecule has 1 nitrogen and oxygen atoms in total. The van der Waals surface area contributed by atoms with E-state index in [9.17, 15) is 0 Å². The van der Waals surface area contributed by atoms with E-state index in [1.165, 1.54) is 70.6 Å². The topological polar surface area (TPSA) is 26.0 Å². The van der Waals surface area contributed by atoms with Crippen molar-refractivity contribution in [3.05, 3.63) is 11.6 Å². The van der Waals surface area contributed by atoms with Gasteiger partial charge in [0.05, 0.1) is 0 Å². The lowest BCUT2D eigenvalue weighted by atomic mass is 9.47. The first-order valence-electron chi connectivity index (χ1n) is 13.7. The van der Waals surface area contributed by atoms with Gasteiger partial charge >= 0.3 is 0 Å². The molecule has 4 rings (SSSR count). The second kappa shape index (κ2) is 8.57. The third-order valence-electron chi connectivity index (χ3n) is 11.4. The van der Waals surface area contributed by atoms with Crippen molar-refractivity contribution in [2.45, 2.75) is 118 Å². The molecule has 0 aliphatic heterocycles. The third-order valence-corrected chi connectivity index (χ3v) is 11.4. The van der Waals surface area contributed by atoms with E-state index in [0.717, 1.165) is 41.4 Å². The quantitative estimate of drug-likeness (QED) is 0.439. The minimum absolute atomic E-state index is 0.421. The van der Waals surface area contributed by atoms with Crippen LogP contribution in [0.5, 0.6) is 0 Å². The van der Waals surface area contributed by atoms with E-state index in [1.54, 1.807) is 5.57 Å². The second-order valence-corrected chi connectivity index (χ2v) is 13.0. The summed E-state index contributed by atoms with van der Waals surface area (Å²) >= 11 is 0. The van der Waals surface area contributed by atoms with Gasteiger partial charge in [-0.05, 0) is 110 Å². The van der Waals surface area contributed by atoms with Crippen LogP contribution in [0.2, 0.25) is 0 Å². The maximum Gasteiger partial charge on any atom is 0.00766 e. The Kier molecular flexibility index (Phi) is 6.53. The Hall–Kier alpha value is -0.300. The molecule has 0 aromatic heterocycles. The van der Waals surface area contributed by atoms with Gasteiger partial charge in [0.2, 0.25) is 0 Å². The first kappa shape index (κ1) is 22.9. The molecule has 3 fully saturated rings. The molecule has 0 heterocycles. The fourth-order valence-corrected chi connectivity index (χ4v) is 9.35. The fraction of sp³-hybridized carbons (Fsp3) is 0.931. The van der Waals surface area contributed by atoms with Gasteiger partial charge in [-0.2, -0.15) is 0 Å². The van der Waals surface area contributed by atoms with E-state index in [0.29, 0.717) is 16.9 Å². The lowest BCUT2D eigenvalue weighted by Gasteiger charge is -2.58. The van der Waals surface area contributed by atoms with Crippen LogP contribution in [0, 0.1) is 52.3 Å². The Morgan fingerprint density at radius 3 is 2.47 bits per heavy atom. The molecule has 0 radical (unpaired) electrons. The maximum absolute atomic E-state index is 6.36. The van der Waals surface area contributed by atoms with Crippen LogP contribution in [-0.4, -0.2) is 6.04 Å². The maximum atomic E-state index is 6.36. The van der Waals surface area contributed by atoms with Crippen molar-refractivity contribution >= 4 is 0 Å². The molecule has 0 aromatic rings. The smallest absolute Gasteiger partial charge is 0.00766 e. The average molecular weight is 414 g/mol. The van der Waals surface area contributed by atoms with Crippen molar-refractivity contribution in [1.82, 2.24) is 0 Å². The van der Waals surface area contributed by atoms with Gasteiger partial charge in [-0.3, -0.25) is 0 Å². The highest BCUT2D eigenvalue weighted by Gasteiger charge is 2.58. The van der Waals surface area contributed by atoms with Gasteiger partial charge in [-0.15, -0.1) is 0 Å². The van der Waals surface area contributed by atoms with Gasteiger partial charge in [0.25, 0.3) is 0 Å². The molecule has 4 aliphatic rings. The summed E-state index contributed by atoms with van der Waals surface area (Å²) in [5, 5.41) is 0. The molecule has 9 atom stereocenters. The standard InChI is InChI=1S/C29H51N/c1-7-21(19(2)3)9-8-20(4)25-12-13-26-24-11-10-22-18-23(30)14-16-28(22,5)27(24)15-17-29(25,26)6/h10,19-21,23-27H,7-9,11-18,30H2,1-6H3/t20-,21-,23+,24-,25?,26?,27?,28?,29?/m1/s1. The van der Waals surface area contributed by atoms with Crippen LogP contribution in [-0.2, 0) is 0 Å². The van der Waals surface area contributed by atoms with Gasteiger partial charge in [-0.25, -0.2) is 0 Å². The highest BCUT2D eigenvalue weighted by molar-refractivity contribution is 5.25. The number of nitrogens with two attached hydrogens (primary N) is 1. The summed E-state index contributed by atoms with van der Waals surface area (Å²) in [7, 11) is 0. The Morgan fingerprint density at radius 2 is 1.77 bits per heavy atom. The van der Waals surface area contributed by atoms with E-state index in [2.05, 4.69) is 47.6 Å². The Morgan fingerprint density at radius 1 is 1.00 bits per heavy atom. The van der Waals surface area contributed by atoms with Crippen molar-refractivity contribution in [2.75, 3.05) is 0 Å². The molecule has 3 saturated carbocycles. The van der Waals surface area contributed by atoms with Crippen LogP contribution in [0.1, 0.15) is 112 Å². The van der Waals surface area contributed by atoms with Crippen molar-refractivity contribution in [2.24, 2.45) is 58.0 Å². The molecule has 0 saturated heterocycles. The van der Waals surface area contributed by atoms with E-state index in [1.807, 2.05) is 0 Å². The molecule has 4 aliphatic carbocycles. The van der Waals surface area contributed by atoms with Gasteiger partial charge in [-0.1, -0.05) is 66.0 Å². The van der Waals surface area contributed by atoms with Gasteiger partial charge < -0.3 is 5.73 Å². The number of rotatable bonds is 6. The van der Waals surface area contributed by atoms with Crippen molar-refractivity contribution in [3.8, 4) is 0 Å². The summed E-state index contributed by atoms with van der Waals surface area (Å²) in [5.74, 6) is 6.49. The van der Waals surface area contributed by atoms with Crippen LogP contribution in [0.25, 0.3) is 0 Å². The van der Waals surface area contributed by atoms with Gasteiger partial charge in [0.15, 0.2) is 0 Å². The van der Waals surface area contributed by atoms with E-state index >= 15 is 0 Å². The largest absolute Gasteiger partial charge is 0.327 e. The minimum atomic E-state index is 0.421. The number of hydrogen-bond acceptors (Lipinski definition) is 1.